The highest BCUT2D eigenvalue weighted by Gasteiger charge is 2.11. The normalized spacial score (nSPS) is 13.2. The van der Waals surface area contributed by atoms with Crippen molar-refractivity contribution in [2.45, 2.75) is 32.9 Å². The topological polar surface area (TPSA) is 50.9 Å². The number of fused-ring (bicyclic) bond motifs is 1. The van der Waals surface area contributed by atoms with Crippen LogP contribution in [-0.4, -0.2) is 17.6 Å². The van der Waals surface area contributed by atoms with Crippen LogP contribution in [0.2, 0.25) is 0 Å². The lowest BCUT2D eigenvalue weighted by Crippen LogP contribution is -2.33. The fourth-order valence-corrected chi connectivity index (χ4v) is 2.17. The molecule has 0 spiro atoms. The van der Waals surface area contributed by atoms with Gasteiger partial charge in [0.25, 0.3) is 0 Å². The number of hydrogen-bond acceptors (Lipinski definition) is 3. The summed E-state index contributed by atoms with van der Waals surface area (Å²) in [5, 5.41) is 4.65. The lowest BCUT2D eigenvalue weighted by atomic mass is 10.0. The van der Waals surface area contributed by atoms with E-state index in [1.54, 1.807) is 0 Å². The number of pyridine rings is 1. The van der Waals surface area contributed by atoms with Gasteiger partial charge in [-0.1, -0.05) is 26.0 Å². The molecule has 0 aliphatic rings. The third-order valence-electron chi connectivity index (χ3n) is 3.03. The van der Waals surface area contributed by atoms with Gasteiger partial charge in [0.2, 0.25) is 0 Å². The van der Waals surface area contributed by atoms with E-state index in [1.807, 2.05) is 13.0 Å². The van der Waals surface area contributed by atoms with Gasteiger partial charge in [-0.2, -0.15) is 0 Å². The first kappa shape index (κ1) is 13.0. The van der Waals surface area contributed by atoms with Gasteiger partial charge >= 0.3 is 0 Å². The zero-order valence-corrected chi connectivity index (χ0v) is 11.3. The minimum Gasteiger partial charge on any atom is -0.329 e. The predicted molar refractivity (Wildman–Crippen MR) is 76.5 cm³/mol. The summed E-state index contributed by atoms with van der Waals surface area (Å²) in [6.07, 6.45) is 0. The molecular weight excluding hydrogens is 222 g/mol. The maximum absolute atomic E-state index is 5.84. The molecule has 0 radical (unpaired) electrons. The highest BCUT2D eigenvalue weighted by atomic mass is 15.0. The maximum atomic E-state index is 5.84. The molecule has 18 heavy (non-hydrogen) atoms. The maximum Gasteiger partial charge on any atom is 0.0705 e. The molecule has 96 valence electrons. The van der Waals surface area contributed by atoms with Gasteiger partial charge in [0.05, 0.1) is 5.52 Å². The Bertz CT molecular complexity index is 534. The Hall–Kier alpha value is -1.45. The van der Waals surface area contributed by atoms with E-state index in [4.69, 9.17) is 5.73 Å². The monoisotopic (exact) mass is 243 g/mol. The second kappa shape index (κ2) is 5.46. The number of nitrogens with two attached hydrogens (primary N) is 1. The largest absolute Gasteiger partial charge is 0.329 e. The van der Waals surface area contributed by atoms with Gasteiger partial charge in [0.15, 0.2) is 0 Å². The SMILES string of the molecule is Cc1ccc2cc(C(CN)NC(C)C)ccc2n1. The quantitative estimate of drug-likeness (QED) is 0.867. The minimum atomic E-state index is 0.204. The van der Waals surface area contributed by atoms with E-state index in [9.17, 15) is 0 Å². The van der Waals surface area contributed by atoms with Crippen LogP contribution in [-0.2, 0) is 0 Å². The number of hydrogen-bond donors (Lipinski definition) is 2. The molecule has 1 unspecified atom stereocenters. The first-order chi connectivity index (χ1) is 8.60. The molecule has 0 bridgehead atoms. The highest BCUT2D eigenvalue weighted by Crippen LogP contribution is 2.19. The van der Waals surface area contributed by atoms with Crippen LogP contribution in [0.3, 0.4) is 0 Å². The summed E-state index contributed by atoms with van der Waals surface area (Å²) in [4.78, 5) is 4.51. The second-order valence-corrected chi connectivity index (χ2v) is 5.01. The van der Waals surface area contributed by atoms with Crippen molar-refractivity contribution in [1.29, 1.82) is 0 Å². The Morgan fingerprint density at radius 2 is 2.00 bits per heavy atom. The van der Waals surface area contributed by atoms with E-state index in [0.29, 0.717) is 12.6 Å². The van der Waals surface area contributed by atoms with Crippen LogP contribution < -0.4 is 11.1 Å². The third-order valence-corrected chi connectivity index (χ3v) is 3.03. The van der Waals surface area contributed by atoms with Crippen molar-refractivity contribution >= 4 is 10.9 Å². The fourth-order valence-electron chi connectivity index (χ4n) is 2.17. The lowest BCUT2D eigenvalue weighted by Gasteiger charge is -2.20. The van der Waals surface area contributed by atoms with E-state index < -0.39 is 0 Å². The highest BCUT2D eigenvalue weighted by molar-refractivity contribution is 5.79. The van der Waals surface area contributed by atoms with Gasteiger partial charge in [-0.05, 0) is 30.7 Å². The van der Waals surface area contributed by atoms with E-state index in [0.717, 1.165) is 11.2 Å². The molecule has 3 N–H and O–H groups in total. The van der Waals surface area contributed by atoms with Gasteiger partial charge < -0.3 is 11.1 Å². The zero-order valence-electron chi connectivity index (χ0n) is 11.3. The summed E-state index contributed by atoms with van der Waals surface area (Å²) in [5.41, 5.74) is 9.16. The zero-order chi connectivity index (χ0) is 13.1. The van der Waals surface area contributed by atoms with Crippen LogP contribution in [0, 0.1) is 6.92 Å². The minimum absolute atomic E-state index is 0.204. The Kier molecular flexibility index (Phi) is 3.94. The molecule has 0 saturated heterocycles. The molecule has 2 aromatic rings. The van der Waals surface area contributed by atoms with E-state index in [-0.39, 0.29) is 6.04 Å². The molecular formula is C15H21N3. The number of aryl methyl sites for hydroxylation is 1. The van der Waals surface area contributed by atoms with Crippen LogP contribution in [0.4, 0.5) is 0 Å². The van der Waals surface area contributed by atoms with Gasteiger partial charge in [-0.25, -0.2) is 0 Å². The molecule has 1 aromatic carbocycles. The average molecular weight is 243 g/mol. The molecule has 2 rings (SSSR count). The molecule has 0 amide bonds. The fraction of sp³-hybridized carbons (Fsp3) is 0.400. The average Bonchev–Trinajstić information content (AvgIpc) is 2.35. The Morgan fingerprint density at radius 1 is 1.22 bits per heavy atom. The van der Waals surface area contributed by atoms with Crippen molar-refractivity contribution in [3.05, 3.63) is 41.6 Å². The van der Waals surface area contributed by atoms with Crippen molar-refractivity contribution in [3.63, 3.8) is 0 Å². The summed E-state index contributed by atoms with van der Waals surface area (Å²) in [7, 11) is 0. The molecule has 0 fully saturated rings. The van der Waals surface area contributed by atoms with Crippen LogP contribution in [0.25, 0.3) is 10.9 Å². The molecule has 3 heteroatoms. The lowest BCUT2D eigenvalue weighted by molar-refractivity contribution is 0.484. The molecule has 3 nitrogen and oxygen atoms in total. The first-order valence-electron chi connectivity index (χ1n) is 6.43. The number of nitrogens with one attached hydrogen (secondary N) is 1. The summed E-state index contributed by atoms with van der Waals surface area (Å²) in [5.74, 6) is 0. The van der Waals surface area contributed by atoms with Gasteiger partial charge in [0.1, 0.15) is 0 Å². The summed E-state index contributed by atoms with van der Waals surface area (Å²) >= 11 is 0. The molecule has 1 atom stereocenters. The third kappa shape index (κ3) is 2.86. The summed E-state index contributed by atoms with van der Waals surface area (Å²) < 4.78 is 0. The second-order valence-electron chi connectivity index (χ2n) is 5.01. The predicted octanol–water partition coefficient (Wildman–Crippen LogP) is 2.54. The number of rotatable bonds is 4. The van der Waals surface area contributed by atoms with E-state index in [2.05, 4.69) is 48.4 Å². The van der Waals surface area contributed by atoms with Crippen molar-refractivity contribution < 1.29 is 0 Å². The van der Waals surface area contributed by atoms with Crippen molar-refractivity contribution in [2.24, 2.45) is 5.73 Å². The Balaban J connectivity index is 2.36. The van der Waals surface area contributed by atoms with E-state index in [1.165, 1.54) is 10.9 Å². The van der Waals surface area contributed by atoms with Crippen LogP contribution in [0.1, 0.15) is 31.1 Å². The molecule has 0 aliphatic carbocycles. The molecule has 0 saturated carbocycles. The Morgan fingerprint density at radius 3 is 2.67 bits per heavy atom. The van der Waals surface area contributed by atoms with Crippen molar-refractivity contribution in [2.75, 3.05) is 6.54 Å². The number of benzene rings is 1. The molecule has 0 aliphatic heterocycles. The van der Waals surface area contributed by atoms with Gasteiger partial charge in [-0.3, -0.25) is 4.98 Å². The summed E-state index contributed by atoms with van der Waals surface area (Å²) in [6, 6.07) is 11.1. The Labute approximate surface area is 108 Å². The van der Waals surface area contributed by atoms with Crippen LogP contribution >= 0.6 is 0 Å². The van der Waals surface area contributed by atoms with Crippen LogP contribution in [0.5, 0.6) is 0 Å². The number of nitrogens with zero attached hydrogens (tertiary/aromatic N) is 1. The van der Waals surface area contributed by atoms with Gasteiger partial charge in [0, 0.05) is 29.7 Å². The van der Waals surface area contributed by atoms with Crippen molar-refractivity contribution in [1.82, 2.24) is 10.3 Å². The standard InChI is InChI=1S/C15H21N3/c1-10(2)17-15(9-16)13-6-7-14-12(8-13)5-4-11(3)18-14/h4-8,10,15,17H,9,16H2,1-3H3. The van der Waals surface area contributed by atoms with Gasteiger partial charge in [-0.15, -0.1) is 0 Å². The number of aromatic nitrogens is 1. The summed E-state index contributed by atoms with van der Waals surface area (Å²) in [6.45, 7) is 6.88. The first-order valence-corrected chi connectivity index (χ1v) is 6.43. The van der Waals surface area contributed by atoms with Crippen molar-refractivity contribution in [3.8, 4) is 0 Å². The van der Waals surface area contributed by atoms with Crippen LogP contribution in [0.15, 0.2) is 30.3 Å². The smallest absolute Gasteiger partial charge is 0.0705 e. The molecule has 1 aromatic heterocycles. The van der Waals surface area contributed by atoms with E-state index >= 15 is 0 Å². The molecule has 1 heterocycles.